The van der Waals surface area contributed by atoms with Crippen molar-refractivity contribution < 1.29 is 18.7 Å². The Balaban J connectivity index is 1.61. The van der Waals surface area contributed by atoms with E-state index in [4.69, 9.17) is 16.3 Å². The minimum Gasteiger partial charge on any atom is -0.452 e. The summed E-state index contributed by atoms with van der Waals surface area (Å²) in [6, 6.07) is 20.6. The fourth-order valence-electron chi connectivity index (χ4n) is 2.66. The number of rotatable bonds is 6. The van der Waals surface area contributed by atoms with Crippen LogP contribution in [0.5, 0.6) is 0 Å². The Morgan fingerprint density at radius 3 is 2.43 bits per heavy atom. The third-order valence-electron chi connectivity index (χ3n) is 4.01. The standard InChI is InChI=1S/C22H17ClFNO3/c23-19-13-17(24)10-11-18(19)22(27)28-14-21(26)25-20-9-5-4-8-16(20)12-15-6-2-1-3-7-15/h1-11,13H,12,14H2,(H,25,26). The molecule has 4 nitrogen and oxygen atoms in total. The van der Waals surface area contributed by atoms with Crippen molar-refractivity contribution in [3.63, 3.8) is 0 Å². The Labute approximate surface area is 166 Å². The monoisotopic (exact) mass is 397 g/mol. The van der Waals surface area contributed by atoms with Crippen molar-refractivity contribution in [2.75, 3.05) is 11.9 Å². The molecule has 0 unspecified atom stereocenters. The molecule has 142 valence electrons. The molecule has 0 aliphatic heterocycles. The van der Waals surface area contributed by atoms with Crippen LogP contribution in [0.25, 0.3) is 0 Å². The largest absolute Gasteiger partial charge is 0.452 e. The molecule has 3 rings (SSSR count). The predicted molar refractivity (Wildman–Crippen MR) is 106 cm³/mol. The van der Waals surface area contributed by atoms with E-state index in [2.05, 4.69) is 5.32 Å². The van der Waals surface area contributed by atoms with E-state index in [1.807, 2.05) is 48.5 Å². The molecule has 1 N–H and O–H groups in total. The first-order valence-electron chi connectivity index (χ1n) is 8.57. The van der Waals surface area contributed by atoms with Crippen LogP contribution in [-0.4, -0.2) is 18.5 Å². The summed E-state index contributed by atoms with van der Waals surface area (Å²) in [7, 11) is 0. The number of nitrogens with one attached hydrogen (secondary N) is 1. The number of carbonyl (C=O) groups is 2. The summed E-state index contributed by atoms with van der Waals surface area (Å²) in [5, 5.41) is 2.68. The fraction of sp³-hybridized carbons (Fsp3) is 0.0909. The van der Waals surface area contributed by atoms with Gasteiger partial charge in [-0.1, -0.05) is 60.1 Å². The third-order valence-corrected chi connectivity index (χ3v) is 4.33. The van der Waals surface area contributed by atoms with Gasteiger partial charge in [0.2, 0.25) is 0 Å². The average molecular weight is 398 g/mol. The van der Waals surface area contributed by atoms with Crippen LogP contribution >= 0.6 is 11.6 Å². The normalized spacial score (nSPS) is 10.4. The van der Waals surface area contributed by atoms with Crippen LogP contribution in [0, 0.1) is 5.82 Å². The maximum Gasteiger partial charge on any atom is 0.340 e. The van der Waals surface area contributed by atoms with E-state index in [1.165, 1.54) is 6.07 Å². The molecule has 0 fully saturated rings. The van der Waals surface area contributed by atoms with Crippen LogP contribution in [0.3, 0.4) is 0 Å². The van der Waals surface area contributed by atoms with Crippen LogP contribution in [0.15, 0.2) is 72.8 Å². The number of hydrogen-bond donors (Lipinski definition) is 1. The fourth-order valence-corrected chi connectivity index (χ4v) is 2.91. The maximum atomic E-state index is 13.1. The van der Waals surface area contributed by atoms with Crippen molar-refractivity contribution in [3.05, 3.63) is 100 Å². The molecule has 6 heteroatoms. The molecule has 0 atom stereocenters. The van der Waals surface area contributed by atoms with Gasteiger partial charge in [0.05, 0.1) is 10.6 Å². The van der Waals surface area contributed by atoms with Gasteiger partial charge in [0.15, 0.2) is 6.61 Å². The molecule has 0 bridgehead atoms. The second-order valence-corrected chi connectivity index (χ2v) is 6.48. The molecule has 0 aliphatic rings. The van der Waals surface area contributed by atoms with E-state index < -0.39 is 24.3 Å². The van der Waals surface area contributed by atoms with Gasteiger partial charge in [0.25, 0.3) is 5.91 Å². The highest BCUT2D eigenvalue weighted by Gasteiger charge is 2.15. The van der Waals surface area contributed by atoms with Crippen LogP contribution in [0.1, 0.15) is 21.5 Å². The summed E-state index contributed by atoms with van der Waals surface area (Å²) in [5.41, 5.74) is 2.70. The lowest BCUT2D eigenvalue weighted by atomic mass is 10.0. The van der Waals surface area contributed by atoms with Gasteiger partial charge in [-0.25, -0.2) is 9.18 Å². The number of anilines is 1. The quantitative estimate of drug-likeness (QED) is 0.604. The number of carbonyl (C=O) groups excluding carboxylic acids is 2. The molecule has 0 saturated carbocycles. The molecule has 3 aromatic carbocycles. The average Bonchev–Trinajstić information content (AvgIpc) is 2.68. The number of benzene rings is 3. The molecule has 3 aromatic rings. The first-order chi connectivity index (χ1) is 13.5. The highest BCUT2D eigenvalue weighted by atomic mass is 35.5. The van der Waals surface area contributed by atoms with Gasteiger partial charge in [-0.05, 0) is 41.8 Å². The Kier molecular flexibility index (Phi) is 6.40. The molecular weight excluding hydrogens is 381 g/mol. The second kappa shape index (κ2) is 9.15. The zero-order chi connectivity index (χ0) is 19.9. The Morgan fingerprint density at radius 1 is 0.964 bits per heavy atom. The molecular formula is C22H17ClFNO3. The molecule has 0 aliphatic carbocycles. The van der Waals surface area contributed by atoms with E-state index in [-0.39, 0.29) is 10.6 Å². The van der Waals surface area contributed by atoms with E-state index in [0.717, 1.165) is 23.3 Å². The summed E-state index contributed by atoms with van der Waals surface area (Å²) in [6.07, 6.45) is 0.655. The van der Waals surface area contributed by atoms with Crippen LogP contribution in [0.4, 0.5) is 10.1 Å². The lowest BCUT2D eigenvalue weighted by molar-refractivity contribution is -0.119. The van der Waals surface area contributed by atoms with E-state index in [9.17, 15) is 14.0 Å². The molecule has 0 aromatic heterocycles. The lowest BCUT2D eigenvalue weighted by Gasteiger charge is -2.12. The summed E-state index contributed by atoms with van der Waals surface area (Å²) in [4.78, 5) is 24.2. The van der Waals surface area contributed by atoms with Crippen molar-refractivity contribution in [1.82, 2.24) is 0 Å². The van der Waals surface area contributed by atoms with Crippen LogP contribution in [0.2, 0.25) is 5.02 Å². The van der Waals surface area contributed by atoms with E-state index >= 15 is 0 Å². The minimum absolute atomic E-state index is 0.000319. The highest BCUT2D eigenvalue weighted by molar-refractivity contribution is 6.33. The van der Waals surface area contributed by atoms with Crippen molar-refractivity contribution in [2.45, 2.75) is 6.42 Å². The Morgan fingerprint density at radius 2 is 1.68 bits per heavy atom. The number of amides is 1. The van der Waals surface area contributed by atoms with Gasteiger partial charge in [-0.3, -0.25) is 4.79 Å². The first-order valence-corrected chi connectivity index (χ1v) is 8.94. The van der Waals surface area contributed by atoms with Gasteiger partial charge in [-0.2, -0.15) is 0 Å². The van der Waals surface area contributed by atoms with E-state index in [0.29, 0.717) is 12.1 Å². The van der Waals surface area contributed by atoms with Gasteiger partial charge in [-0.15, -0.1) is 0 Å². The zero-order valence-corrected chi connectivity index (χ0v) is 15.6. The van der Waals surface area contributed by atoms with Gasteiger partial charge in [0, 0.05) is 5.69 Å². The number of hydrogen-bond acceptors (Lipinski definition) is 3. The summed E-state index contributed by atoms with van der Waals surface area (Å²) in [6.45, 7) is -0.480. The van der Waals surface area contributed by atoms with Gasteiger partial charge >= 0.3 is 5.97 Å². The Hall–Kier alpha value is -3.18. The van der Waals surface area contributed by atoms with Crippen molar-refractivity contribution in [3.8, 4) is 0 Å². The zero-order valence-electron chi connectivity index (χ0n) is 14.8. The third kappa shape index (κ3) is 5.18. The van der Waals surface area contributed by atoms with Crippen molar-refractivity contribution in [1.29, 1.82) is 0 Å². The van der Waals surface area contributed by atoms with Crippen LogP contribution in [-0.2, 0) is 16.0 Å². The van der Waals surface area contributed by atoms with Crippen molar-refractivity contribution in [2.24, 2.45) is 0 Å². The number of halogens is 2. The second-order valence-electron chi connectivity index (χ2n) is 6.07. The molecule has 28 heavy (non-hydrogen) atoms. The summed E-state index contributed by atoms with van der Waals surface area (Å²) < 4.78 is 18.0. The SMILES string of the molecule is O=C(COC(=O)c1ccc(F)cc1Cl)Nc1ccccc1Cc1ccccc1. The molecule has 0 spiro atoms. The molecule has 0 saturated heterocycles. The van der Waals surface area contributed by atoms with Crippen LogP contribution < -0.4 is 5.32 Å². The lowest BCUT2D eigenvalue weighted by Crippen LogP contribution is -2.21. The highest BCUT2D eigenvalue weighted by Crippen LogP contribution is 2.20. The maximum absolute atomic E-state index is 13.1. The minimum atomic E-state index is -0.794. The topological polar surface area (TPSA) is 55.4 Å². The van der Waals surface area contributed by atoms with Gasteiger partial charge < -0.3 is 10.1 Å². The number of esters is 1. The van der Waals surface area contributed by atoms with Gasteiger partial charge in [0.1, 0.15) is 5.82 Å². The first kappa shape index (κ1) is 19.6. The summed E-state index contributed by atoms with van der Waals surface area (Å²) in [5.74, 6) is -1.83. The molecule has 0 radical (unpaired) electrons. The van der Waals surface area contributed by atoms with Crippen molar-refractivity contribution >= 4 is 29.2 Å². The predicted octanol–water partition coefficient (Wildman–Crippen LogP) is 4.87. The molecule has 0 heterocycles. The number of para-hydroxylation sites is 1. The smallest absolute Gasteiger partial charge is 0.340 e. The van der Waals surface area contributed by atoms with E-state index in [1.54, 1.807) is 6.07 Å². The molecule has 1 amide bonds. The number of ether oxygens (including phenoxy) is 1. The Bertz CT molecular complexity index is 992. The summed E-state index contributed by atoms with van der Waals surface area (Å²) >= 11 is 5.83.